The molecule has 0 spiro atoms. The lowest BCUT2D eigenvalue weighted by atomic mass is 10.2. The Labute approximate surface area is 128 Å². The Hall–Kier alpha value is -1.43. The summed E-state index contributed by atoms with van der Waals surface area (Å²) in [5, 5.41) is 5.82. The number of hydrogen-bond acceptors (Lipinski definition) is 4. The fourth-order valence-corrected chi connectivity index (χ4v) is 2.47. The molecule has 1 heterocycles. The number of benzene rings is 1. The number of nitrogens with zero attached hydrogens (tertiary/aromatic N) is 1. The molecule has 1 aromatic carbocycles. The number of carbonyl (C=O) groups is 1. The van der Waals surface area contributed by atoms with E-state index in [0.29, 0.717) is 6.54 Å². The highest BCUT2D eigenvalue weighted by molar-refractivity contribution is 7.13. The fourth-order valence-electron chi connectivity index (χ4n) is 1.61. The highest BCUT2D eigenvalue weighted by Gasteiger charge is 2.07. The molecule has 2 aromatic rings. The molecule has 6 heteroatoms. The van der Waals surface area contributed by atoms with Crippen molar-refractivity contribution in [2.75, 3.05) is 6.54 Å². The van der Waals surface area contributed by atoms with E-state index in [0.717, 1.165) is 22.7 Å². The first kappa shape index (κ1) is 16.6. The molecule has 0 radical (unpaired) electrons. The number of rotatable bonds is 5. The first-order chi connectivity index (χ1) is 9.16. The van der Waals surface area contributed by atoms with Gasteiger partial charge in [-0.15, -0.1) is 23.7 Å². The first-order valence-corrected chi connectivity index (χ1v) is 7.08. The van der Waals surface area contributed by atoms with E-state index in [1.807, 2.05) is 35.7 Å². The molecule has 0 saturated heterocycles. The molecule has 1 aromatic heterocycles. The van der Waals surface area contributed by atoms with E-state index in [1.165, 1.54) is 0 Å². The monoisotopic (exact) mass is 311 g/mol. The second-order valence-electron chi connectivity index (χ2n) is 4.34. The Morgan fingerprint density at radius 3 is 2.75 bits per heavy atom. The molecule has 0 bridgehead atoms. The molecule has 4 nitrogen and oxygen atoms in total. The summed E-state index contributed by atoms with van der Waals surface area (Å²) in [4.78, 5) is 15.9. The van der Waals surface area contributed by atoms with Crippen molar-refractivity contribution in [3.8, 4) is 10.6 Å². The number of aromatic nitrogens is 1. The predicted molar refractivity (Wildman–Crippen MR) is 85.2 cm³/mol. The molecule has 0 saturated carbocycles. The van der Waals surface area contributed by atoms with Crippen LogP contribution in [0, 0.1) is 0 Å². The van der Waals surface area contributed by atoms with Gasteiger partial charge in [0.05, 0.1) is 11.7 Å². The van der Waals surface area contributed by atoms with Crippen LogP contribution in [0.4, 0.5) is 0 Å². The highest BCUT2D eigenvalue weighted by Crippen LogP contribution is 2.23. The average molecular weight is 312 g/mol. The van der Waals surface area contributed by atoms with Crippen LogP contribution in [0.15, 0.2) is 35.7 Å². The topological polar surface area (TPSA) is 68.0 Å². The molecule has 2 rings (SSSR count). The number of nitrogens with two attached hydrogens (primary N) is 1. The maximum atomic E-state index is 11.3. The highest BCUT2D eigenvalue weighted by atomic mass is 35.5. The van der Waals surface area contributed by atoms with Gasteiger partial charge in [-0.2, -0.15) is 0 Å². The summed E-state index contributed by atoms with van der Waals surface area (Å²) in [5.41, 5.74) is 7.59. The van der Waals surface area contributed by atoms with Crippen LogP contribution in [0.2, 0.25) is 0 Å². The smallest absolute Gasteiger partial charge is 0.236 e. The van der Waals surface area contributed by atoms with Crippen LogP contribution in [0.5, 0.6) is 0 Å². The van der Waals surface area contributed by atoms with E-state index in [1.54, 1.807) is 18.3 Å². The van der Waals surface area contributed by atoms with Crippen molar-refractivity contribution in [1.82, 2.24) is 10.3 Å². The van der Waals surface area contributed by atoms with Gasteiger partial charge < -0.3 is 11.1 Å². The molecule has 20 heavy (non-hydrogen) atoms. The minimum atomic E-state index is -0.463. The number of nitrogens with one attached hydrogen (secondary N) is 1. The van der Waals surface area contributed by atoms with E-state index >= 15 is 0 Å². The molecular weight excluding hydrogens is 294 g/mol. The van der Waals surface area contributed by atoms with E-state index < -0.39 is 6.04 Å². The number of hydrogen-bond donors (Lipinski definition) is 2. The van der Waals surface area contributed by atoms with Crippen LogP contribution < -0.4 is 11.1 Å². The van der Waals surface area contributed by atoms with Gasteiger partial charge in [-0.25, -0.2) is 4.98 Å². The summed E-state index contributed by atoms with van der Waals surface area (Å²) < 4.78 is 0. The van der Waals surface area contributed by atoms with Gasteiger partial charge in [0.15, 0.2) is 0 Å². The molecule has 0 unspecified atom stereocenters. The standard InChI is InChI=1S/C14H17N3OS.ClH/c1-10(15)13(18)16-8-7-12-9-19-14(17-12)11-5-3-2-4-6-11;/h2-6,9-10H,7-8,15H2,1H3,(H,16,18);1H/t10-;/m1./s1. The minimum Gasteiger partial charge on any atom is -0.354 e. The van der Waals surface area contributed by atoms with Crippen LogP contribution in [0.1, 0.15) is 12.6 Å². The summed E-state index contributed by atoms with van der Waals surface area (Å²) in [5.74, 6) is -0.126. The normalized spacial score (nSPS) is 11.5. The summed E-state index contributed by atoms with van der Waals surface area (Å²) >= 11 is 1.62. The molecular formula is C14H18ClN3OS. The quantitative estimate of drug-likeness (QED) is 0.890. The SMILES string of the molecule is C[C@@H](N)C(=O)NCCc1csc(-c2ccccc2)n1.Cl. The van der Waals surface area contributed by atoms with E-state index in [9.17, 15) is 4.79 Å². The zero-order valence-electron chi connectivity index (χ0n) is 11.2. The van der Waals surface area contributed by atoms with Gasteiger partial charge in [-0.1, -0.05) is 30.3 Å². The second kappa shape index (κ2) is 7.99. The van der Waals surface area contributed by atoms with Crippen molar-refractivity contribution in [3.05, 3.63) is 41.4 Å². The molecule has 1 amide bonds. The Balaban J connectivity index is 0.00000200. The van der Waals surface area contributed by atoms with E-state index in [-0.39, 0.29) is 18.3 Å². The van der Waals surface area contributed by atoms with Crippen LogP contribution in [-0.2, 0) is 11.2 Å². The van der Waals surface area contributed by atoms with Crippen molar-refractivity contribution < 1.29 is 4.79 Å². The Morgan fingerprint density at radius 1 is 1.40 bits per heavy atom. The zero-order chi connectivity index (χ0) is 13.7. The van der Waals surface area contributed by atoms with Crippen LogP contribution in [0.25, 0.3) is 10.6 Å². The van der Waals surface area contributed by atoms with Crippen molar-refractivity contribution in [2.24, 2.45) is 5.73 Å². The lowest BCUT2D eigenvalue weighted by molar-refractivity contribution is -0.121. The largest absolute Gasteiger partial charge is 0.354 e. The van der Waals surface area contributed by atoms with Gasteiger partial charge >= 0.3 is 0 Å². The fraction of sp³-hybridized carbons (Fsp3) is 0.286. The Kier molecular flexibility index (Phi) is 6.64. The third kappa shape index (κ3) is 4.59. The van der Waals surface area contributed by atoms with Crippen molar-refractivity contribution in [1.29, 1.82) is 0 Å². The minimum absolute atomic E-state index is 0. The third-order valence-corrected chi connectivity index (χ3v) is 3.61. The molecule has 1 atom stereocenters. The lowest BCUT2D eigenvalue weighted by Gasteiger charge is -2.05. The molecule has 0 aliphatic rings. The molecule has 3 N–H and O–H groups in total. The van der Waals surface area contributed by atoms with Crippen LogP contribution in [-0.4, -0.2) is 23.5 Å². The van der Waals surface area contributed by atoms with Gasteiger partial charge in [-0.05, 0) is 6.92 Å². The zero-order valence-corrected chi connectivity index (χ0v) is 12.8. The van der Waals surface area contributed by atoms with Gasteiger partial charge in [-0.3, -0.25) is 4.79 Å². The Bertz CT molecular complexity index is 542. The van der Waals surface area contributed by atoms with E-state index in [4.69, 9.17) is 5.73 Å². The molecule has 0 aliphatic heterocycles. The molecule has 108 valence electrons. The first-order valence-electron chi connectivity index (χ1n) is 6.20. The van der Waals surface area contributed by atoms with Gasteiger partial charge in [0.1, 0.15) is 5.01 Å². The molecule has 0 aliphatic carbocycles. The summed E-state index contributed by atoms with van der Waals surface area (Å²) in [6.45, 7) is 2.24. The summed E-state index contributed by atoms with van der Waals surface area (Å²) in [6, 6.07) is 9.61. The number of halogens is 1. The van der Waals surface area contributed by atoms with Crippen molar-refractivity contribution in [2.45, 2.75) is 19.4 Å². The average Bonchev–Trinajstić information content (AvgIpc) is 2.88. The maximum absolute atomic E-state index is 11.3. The lowest BCUT2D eigenvalue weighted by Crippen LogP contribution is -2.39. The van der Waals surface area contributed by atoms with Gasteiger partial charge in [0.25, 0.3) is 0 Å². The molecule has 0 fully saturated rings. The number of amides is 1. The van der Waals surface area contributed by atoms with Gasteiger partial charge in [0, 0.05) is 23.9 Å². The van der Waals surface area contributed by atoms with Crippen molar-refractivity contribution >= 4 is 29.7 Å². The van der Waals surface area contributed by atoms with E-state index in [2.05, 4.69) is 10.3 Å². The summed E-state index contributed by atoms with van der Waals surface area (Å²) in [6.07, 6.45) is 0.724. The third-order valence-electron chi connectivity index (χ3n) is 2.67. The van der Waals surface area contributed by atoms with Crippen LogP contribution in [0.3, 0.4) is 0 Å². The van der Waals surface area contributed by atoms with Crippen molar-refractivity contribution in [3.63, 3.8) is 0 Å². The number of thiazole rings is 1. The second-order valence-corrected chi connectivity index (χ2v) is 5.20. The maximum Gasteiger partial charge on any atom is 0.236 e. The number of carbonyl (C=O) groups excluding carboxylic acids is 1. The Morgan fingerprint density at radius 2 is 2.10 bits per heavy atom. The van der Waals surface area contributed by atoms with Gasteiger partial charge in [0.2, 0.25) is 5.91 Å². The van der Waals surface area contributed by atoms with Crippen LogP contribution >= 0.6 is 23.7 Å². The predicted octanol–water partition coefficient (Wildman–Crippen LogP) is 2.24. The summed E-state index contributed by atoms with van der Waals surface area (Å²) in [7, 11) is 0.